The zero-order valence-corrected chi connectivity index (χ0v) is 17.8. The maximum atomic E-state index is 11.8. The maximum absolute atomic E-state index is 11.8. The minimum Gasteiger partial charge on any atom is -0.481 e. The molecule has 0 aliphatic carbocycles. The Morgan fingerprint density at radius 3 is 1.71 bits per heavy atom. The lowest BCUT2D eigenvalue weighted by molar-refractivity contribution is -0.192. The van der Waals surface area contributed by atoms with Crippen molar-refractivity contribution < 1.29 is 38.4 Å². The molecule has 8 heteroatoms. The van der Waals surface area contributed by atoms with Gasteiger partial charge in [-0.2, -0.15) is 0 Å². The van der Waals surface area contributed by atoms with E-state index >= 15 is 0 Å². The fourth-order valence-corrected chi connectivity index (χ4v) is 2.02. The largest absolute Gasteiger partial charge is 0.481 e. The summed E-state index contributed by atoms with van der Waals surface area (Å²) in [7, 11) is 0. The topological polar surface area (TPSA) is 101 Å². The zero-order valence-electron chi connectivity index (χ0n) is 17.8. The van der Waals surface area contributed by atoms with Gasteiger partial charge in [-0.25, -0.2) is 0 Å². The average Bonchev–Trinajstić information content (AvgIpc) is 2.68. The van der Waals surface area contributed by atoms with Gasteiger partial charge in [-0.1, -0.05) is 13.8 Å². The Bertz CT molecular complexity index is 384. The molecular weight excluding hydrogens is 368 g/mol. The van der Waals surface area contributed by atoms with Crippen LogP contribution in [0, 0.1) is 0 Å². The SMILES string of the molecule is CCC(C)OCCOC(COC(=O)CCCCC(=O)O)OCCOC(C)CC. The summed E-state index contributed by atoms with van der Waals surface area (Å²) in [4.78, 5) is 22.2. The Hall–Kier alpha value is -1.22. The number of ether oxygens (including phenoxy) is 5. The van der Waals surface area contributed by atoms with E-state index in [0.29, 0.717) is 39.3 Å². The van der Waals surface area contributed by atoms with Crippen molar-refractivity contribution >= 4 is 11.9 Å². The second kappa shape index (κ2) is 17.8. The Morgan fingerprint density at radius 2 is 1.25 bits per heavy atom. The molecule has 2 atom stereocenters. The lowest BCUT2D eigenvalue weighted by Crippen LogP contribution is -2.29. The van der Waals surface area contributed by atoms with Gasteiger partial charge in [0.25, 0.3) is 0 Å². The van der Waals surface area contributed by atoms with Gasteiger partial charge in [0.15, 0.2) is 6.29 Å². The molecule has 0 aliphatic heterocycles. The van der Waals surface area contributed by atoms with Gasteiger partial charge in [0.1, 0.15) is 6.61 Å². The van der Waals surface area contributed by atoms with Crippen LogP contribution in [0.4, 0.5) is 0 Å². The molecule has 0 saturated carbocycles. The number of esters is 1. The van der Waals surface area contributed by atoms with Gasteiger partial charge in [-0.15, -0.1) is 0 Å². The standard InChI is InChI=1S/C20H38O8/c1-5-16(3)24-11-13-26-20(27-14-12-25-17(4)6-2)15-28-19(23)10-8-7-9-18(21)22/h16-17,20H,5-15H2,1-4H3,(H,21,22). The number of carboxylic acids is 1. The average molecular weight is 407 g/mol. The van der Waals surface area contributed by atoms with Crippen LogP contribution < -0.4 is 0 Å². The summed E-state index contributed by atoms with van der Waals surface area (Å²) in [6.45, 7) is 9.58. The molecule has 0 spiro atoms. The van der Waals surface area contributed by atoms with Crippen LogP contribution in [-0.2, 0) is 33.3 Å². The minimum atomic E-state index is -0.866. The predicted octanol–water partition coefficient (Wildman–Crippen LogP) is 3.16. The molecule has 28 heavy (non-hydrogen) atoms. The molecule has 0 fully saturated rings. The number of hydrogen-bond acceptors (Lipinski definition) is 7. The van der Waals surface area contributed by atoms with E-state index in [2.05, 4.69) is 0 Å². The molecule has 0 aromatic rings. The van der Waals surface area contributed by atoms with Gasteiger partial charge in [-0.3, -0.25) is 9.59 Å². The first-order valence-corrected chi connectivity index (χ1v) is 10.2. The molecule has 8 nitrogen and oxygen atoms in total. The van der Waals surface area contributed by atoms with Crippen LogP contribution in [0.3, 0.4) is 0 Å². The zero-order chi connectivity index (χ0) is 21.2. The molecule has 0 rings (SSSR count). The number of carboxylic acid groups (broad SMARTS) is 1. The highest BCUT2D eigenvalue weighted by Gasteiger charge is 2.14. The molecule has 1 N–H and O–H groups in total. The van der Waals surface area contributed by atoms with Gasteiger partial charge in [0.05, 0.1) is 38.6 Å². The molecule has 0 aromatic carbocycles. The van der Waals surface area contributed by atoms with Gasteiger partial charge in [-0.05, 0) is 39.5 Å². The maximum Gasteiger partial charge on any atom is 0.305 e. The first kappa shape index (κ1) is 26.8. The first-order valence-electron chi connectivity index (χ1n) is 10.2. The van der Waals surface area contributed by atoms with Crippen LogP contribution in [0.1, 0.15) is 66.2 Å². The molecule has 0 saturated heterocycles. The number of rotatable bonds is 19. The second-order valence-corrected chi connectivity index (χ2v) is 6.63. The highest BCUT2D eigenvalue weighted by Crippen LogP contribution is 2.05. The van der Waals surface area contributed by atoms with E-state index < -0.39 is 18.2 Å². The van der Waals surface area contributed by atoms with E-state index in [-0.39, 0.29) is 31.7 Å². The monoisotopic (exact) mass is 406 g/mol. The smallest absolute Gasteiger partial charge is 0.305 e. The highest BCUT2D eigenvalue weighted by molar-refractivity contribution is 5.69. The van der Waals surface area contributed by atoms with Gasteiger partial charge in [0, 0.05) is 12.8 Å². The lowest BCUT2D eigenvalue weighted by atomic mass is 10.2. The molecule has 2 unspecified atom stereocenters. The van der Waals surface area contributed by atoms with Crippen molar-refractivity contribution in [2.24, 2.45) is 0 Å². The van der Waals surface area contributed by atoms with E-state index in [1.807, 2.05) is 27.7 Å². The molecule has 0 aromatic heterocycles. The third-order valence-corrected chi connectivity index (χ3v) is 4.13. The Balaban J connectivity index is 4.15. The van der Waals surface area contributed by atoms with Crippen molar-refractivity contribution in [2.45, 2.75) is 84.7 Å². The first-order chi connectivity index (χ1) is 13.4. The van der Waals surface area contributed by atoms with Crippen LogP contribution in [0.2, 0.25) is 0 Å². The summed E-state index contributed by atoms with van der Waals surface area (Å²) in [5, 5.41) is 8.59. The normalized spacial score (nSPS) is 14.4. The molecule has 0 amide bonds. The molecule has 0 radical (unpaired) electrons. The van der Waals surface area contributed by atoms with E-state index in [9.17, 15) is 9.59 Å². The summed E-state index contributed by atoms with van der Waals surface area (Å²) >= 11 is 0. The Labute approximate surface area is 168 Å². The van der Waals surface area contributed by atoms with E-state index in [1.54, 1.807) is 0 Å². The van der Waals surface area contributed by atoms with Crippen molar-refractivity contribution in [1.82, 2.24) is 0 Å². The minimum absolute atomic E-state index is 0.0234. The van der Waals surface area contributed by atoms with Crippen molar-refractivity contribution in [3.63, 3.8) is 0 Å². The number of carbonyl (C=O) groups excluding carboxylic acids is 1. The Morgan fingerprint density at radius 1 is 0.786 bits per heavy atom. The van der Waals surface area contributed by atoms with E-state index in [0.717, 1.165) is 12.8 Å². The number of unbranched alkanes of at least 4 members (excludes halogenated alkanes) is 1. The second-order valence-electron chi connectivity index (χ2n) is 6.63. The van der Waals surface area contributed by atoms with Crippen molar-refractivity contribution in [1.29, 1.82) is 0 Å². The highest BCUT2D eigenvalue weighted by atomic mass is 16.7. The summed E-state index contributed by atoms with van der Waals surface area (Å²) in [5.41, 5.74) is 0. The number of aliphatic carboxylic acids is 1. The molecule has 0 aliphatic rings. The summed E-state index contributed by atoms with van der Waals surface area (Å²) in [6, 6.07) is 0. The molecular formula is C20H38O8. The van der Waals surface area contributed by atoms with Crippen LogP contribution in [-0.4, -0.2) is 68.6 Å². The predicted molar refractivity (Wildman–Crippen MR) is 104 cm³/mol. The number of hydrogen-bond donors (Lipinski definition) is 1. The van der Waals surface area contributed by atoms with Gasteiger partial charge < -0.3 is 28.8 Å². The van der Waals surface area contributed by atoms with Crippen molar-refractivity contribution in [2.75, 3.05) is 33.0 Å². The summed E-state index contributed by atoms with van der Waals surface area (Å²) in [5.74, 6) is -1.26. The number of carbonyl (C=O) groups is 2. The van der Waals surface area contributed by atoms with Crippen LogP contribution in [0.25, 0.3) is 0 Å². The molecule has 166 valence electrons. The fourth-order valence-electron chi connectivity index (χ4n) is 2.02. The third kappa shape index (κ3) is 16.9. The Kier molecular flexibility index (Phi) is 17.1. The van der Waals surface area contributed by atoms with Crippen molar-refractivity contribution in [3.8, 4) is 0 Å². The molecule has 0 bridgehead atoms. The fraction of sp³-hybridized carbons (Fsp3) is 0.900. The van der Waals surface area contributed by atoms with E-state index in [4.69, 9.17) is 28.8 Å². The van der Waals surface area contributed by atoms with E-state index in [1.165, 1.54) is 0 Å². The summed E-state index contributed by atoms with van der Waals surface area (Å²) in [6.07, 6.45) is 2.63. The lowest BCUT2D eigenvalue weighted by Gasteiger charge is -2.20. The van der Waals surface area contributed by atoms with Crippen LogP contribution >= 0.6 is 0 Å². The molecule has 0 heterocycles. The van der Waals surface area contributed by atoms with Crippen LogP contribution in [0.15, 0.2) is 0 Å². The van der Waals surface area contributed by atoms with Crippen molar-refractivity contribution in [3.05, 3.63) is 0 Å². The quantitative estimate of drug-likeness (QED) is 0.198. The van der Waals surface area contributed by atoms with Crippen LogP contribution in [0.5, 0.6) is 0 Å². The third-order valence-electron chi connectivity index (χ3n) is 4.13. The van der Waals surface area contributed by atoms with Gasteiger partial charge in [0.2, 0.25) is 0 Å². The van der Waals surface area contributed by atoms with Gasteiger partial charge >= 0.3 is 11.9 Å². The summed E-state index contributed by atoms with van der Waals surface area (Å²) < 4.78 is 27.6.